The molecule has 22 heavy (non-hydrogen) atoms. The van der Waals surface area contributed by atoms with E-state index in [0.29, 0.717) is 23.0 Å². The number of methoxy groups -OCH3 is 1. The standard InChI is InChI=1S/C15H19ClN2O4/c1-21-13-5-4-10(7-12(13)16)18-15(20)8-14(19)17-9-11-3-2-6-22-11/h4-5,7,11H,2-3,6,8-9H2,1H3,(H,17,19)(H,18,20). The van der Waals surface area contributed by atoms with Gasteiger partial charge in [0.05, 0.1) is 18.2 Å². The number of ether oxygens (including phenoxy) is 2. The minimum absolute atomic E-state index is 0.0624. The van der Waals surface area contributed by atoms with Crippen molar-refractivity contribution in [3.63, 3.8) is 0 Å². The molecular formula is C15H19ClN2O4. The first kappa shape index (κ1) is 16.6. The number of anilines is 1. The van der Waals surface area contributed by atoms with Crippen LogP contribution in [-0.2, 0) is 14.3 Å². The van der Waals surface area contributed by atoms with Crippen LogP contribution in [0.1, 0.15) is 19.3 Å². The molecule has 6 nitrogen and oxygen atoms in total. The largest absolute Gasteiger partial charge is 0.495 e. The molecule has 1 aromatic carbocycles. The average Bonchev–Trinajstić information content (AvgIpc) is 2.98. The van der Waals surface area contributed by atoms with Crippen LogP contribution in [-0.4, -0.2) is 38.2 Å². The Morgan fingerprint density at radius 1 is 1.41 bits per heavy atom. The zero-order valence-electron chi connectivity index (χ0n) is 12.4. The number of hydrogen-bond acceptors (Lipinski definition) is 4. The molecule has 0 radical (unpaired) electrons. The molecule has 1 heterocycles. The summed E-state index contributed by atoms with van der Waals surface area (Å²) in [5.41, 5.74) is 0.516. The van der Waals surface area contributed by atoms with Gasteiger partial charge in [-0.1, -0.05) is 11.6 Å². The van der Waals surface area contributed by atoms with Gasteiger partial charge in [0, 0.05) is 18.8 Å². The lowest BCUT2D eigenvalue weighted by molar-refractivity contribution is -0.127. The highest BCUT2D eigenvalue weighted by Crippen LogP contribution is 2.27. The van der Waals surface area contributed by atoms with Crippen LogP contribution in [0.4, 0.5) is 5.69 Å². The Balaban J connectivity index is 1.76. The third-order valence-corrected chi connectivity index (χ3v) is 3.60. The van der Waals surface area contributed by atoms with Crippen molar-refractivity contribution in [2.45, 2.75) is 25.4 Å². The smallest absolute Gasteiger partial charge is 0.233 e. The van der Waals surface area contributed by atoms with Gasteiger partial charge < -0.3 is 20.1 Å². The maximum Gasteiger partial charge on any atom is 0.233 e. The molecule has 1 aliphatic heterocycles. The van der Waals surface area contributed by atoms with E-state index >= 15 is 0 Å². The number of hydrogen-bond donors (Lipinski definition) is 2. The van der Waals surface area contributed by atoms with E-state index in [0.717, 1.165) is 19.4 Å². The normalized spacial score (nSPS) is 17.1. The summed E-state index contributed by atoms with van der Waals surface area (Å²) in [7, 11) is 1.51. The molecule has 0 spiro atoms. The maximum atomic E-state index is 11.8. The molecule has 0 aromatic heterocycles. The fourth-order valence-corrected chi connectivity index (χ4v) is 2.45. The van der Waals surface area contributed by atoms with Crippen LogP contribution >= 0.6 is 11.6 Å². The number of carbonyl (C=O) groups is 2. The lowest BCUT2D eigenvalue weighted by Crippen LogP contribution is -2.34. The van der Waals surface area contributed by atoms with Crippen molar-refractivity contribution in [3.05, 3.63) is 23.2 Å². The Morgan fingerprint density at radius 3 is 2.86 bits per heavy atom. The van der Waals surface area contributed by atoms with Gasteiger partial charge in [-0.15, -0.1) is 0 Å². The number of benzene rings is 1. The van der Waals surface area contributed by atoms with Crippen LogP contribution in [0, 0.1) is 0 Å². The van der Waals surface area contributed by atoms with Gasteiger partial charge in [-0.3, -0.25) is 9.59 Å². The molecule has 1 aromatic rings. The van der Waals surface area contributed by atoms with Gasteiger partial charge >= 0.3 is 0 Å². The molecule has 1 fully saturated rings. The summed E-state index contributed by atoms with van der Waals surface area (Å²) in [6.45, 7) is 1.18. The minimum atomic E-state index is -0.397. The van der Waals surface area contributed by atoms with Crippen molar-refractivity contribution in [2.24, 2.45) is 0 Å². The van der Waals surface area contributed by atoms with Gasteiger partial charge in [-0.25, -0.2) is 0 Å². The monoisotopic (exact) mass is 326 g/mol. The Kier molecular flexibility index (Phi) is 6.03. The van der Waals surface area contributed by atoms with Crippen LogP contribution in [0.2, 0.25) is 5.02 Å². The second kappa shape index (κ2) is 8.00. The van der Waals surface area contributed by atoms with Crippen molar-refractivity contribution >= 4 is 29.1 Å². The molecule has 2 rings (SSSR count). The number of nitrogens with one attached hydrogen (secondary N) is 2. The van der Waals surface area contributed by atoms with E-state index in [2.05, 4.69) is 10.6 Å². The molecule has 1 aliphatic rings. The van der Waals surface area contributed by atoms with Crippen LogP contribution in [0.5, 0.6) is 5.75 Å². The van der Waals surface area contributed by atoms with Crippen molar-refractivity contribution in [1.29, 1.82) is 0 Å². The molecule has 0 aliphatic carbocycles. The molecule has 2 N–H and O–H groups in total. The summed E-state index contributed by atoms with van der Waals surface area (Å²) in [5.74, 6) is -0.201. The van der Waals surface area contributed by atoms with Crippen LogP contribution in [0.3, 0.4) is 0 Å². The SMILES string of the molecule is COc1ccc(NC(=O)CC(=O)NCC2CCCO2)cc1Cl. The Bertz CT molecular complexity index is 544. The van der Waals surface area contributed by atoms with Crippen molar-refractivity contribution in [2.75, 3.05) is 25.6 Å². The summed E-state index contributed by atoms with van der Waals surface area (Å²) >= 11 is 5.97. The van der Waals surface area contributed by atoms with Crippen LogP contribution < -0.4 is 15.4 Å². The van der Waals surface area contributed by atoms with Crippen molar-refractivity contribution in [1.82, 2.24) is 5.32 Å². The first-order valence-electron chi connectivity index (χ1n) is 7.10. The summed E-state index contributed by atoms with van der Waals surface area (Å²) in [6.07, 6.45) is 1.78. The molecule has 2 amide bonds. The molecule has 0 bridgehead atoms. The number of amides is 2. The second-order valence-corrected chi connectivity index (χ2v) is 5.42. The van der Waals surface area contributed by atoms with Crippen LogP contribution in [0.25, 0.3) is 0 Å². The Hall–Kier alpha value is -1.79. The van der Waals surface area contributed by atoms with Gasteiger partial charge in [-0.2, -0.15) is 0 Å². The third kappa shape index (κ3) is 4.89. The minimum Gasteiger partial charge on any atom is -0.495 e. The van der Waals surface area contributed by atoms with E-state index < -0.39 is 5.91 Å². The van der Waals surface area contributed by atoms with Gasteiger partial charge in [0.2, 0.25) is 11.8 Å². The molecule has 7 heteroatoms. The zero-order valence-corrected chi connectivity index (χ0v) is 13.1. The predicted molar refractivity (Wildman–Crippen MR) is 83.2 cm³/mol. The first-order valence-corrected chi connectivity index (χ1v) is 7.48. The molecule has 0 saturated carbocycles. The summed E-state index contributed by atoms with van der Waals surface area (Å²) in [6, 6.07) is 4.88. The highest BCUT2D eigenvalue weighted by Gasteiger charge is 2.17. The highest BCUT2D eigenvalue weighted by atomic mass is 35.5. The van der Waals surface area contributed by atoms with Gasteiger partial charge in [0.15, 0.2) is 0 Å². The Labute approximate surface area is 134 Å². The van der Waals surface area contributed by atoms with Crippen molar-refractivity contribution in [3.8, 4) is 5.75 Å². The van der Waals surface area contributed by atoms with Gasteiger partial charge in [0.1, 0.15) is 12.2 Å². The Morgan fingerprint density at radius 2 is 2.23 bits per heavy atom. The average molecular weight is 327 g/mol. The summed E-state index contributed by atoms with van der Waals surface area (Å²) < 4.78 is 10.4. The van der Waals surface area contributed by atoms with E-state index in [-0.39, 0.29) is 18.4 Å². The van der Waals surface area contributed by atoms with E-state index in [9.17, 15) is 9.59 Å². The molecule has 1 atom stereocenters. The highest BCUT2D eigenvalue weighted by molar-refractivity contribution is 6.32. The molecule has 120 valence electrons. The number of halogens is 1. The fraction of sp³-hybridized carbons (Fsp3) is 0.467. The summed E-state index contributed by atoms with van der Waals surface area (Å²) in [5, 5.41) is 5.71. The van der Waals surface area contributed by atoms with E-state index in [1.807, 2.05) is 0 Å². The van der Waals surface area contributed by atoms with E-state index in [1.54, 1.807) is 18.2 Å². The van der Waals surface area contributed by atoms with Crippen molar-refractivity contribution < 1.29 is 19.1 Å². The maximum absolute atomic E-state index is 11.8. The molecule has 1 unspecified atom stereocenters. The lowest BCUT2D eigenvalue weighted by Gasteiger charge is -2.11. The van der Waals surface area contributed by atoms with Crippen LogP contribution in [0.15, 0.2) is 18.2 Å². The zero-order chi connectivity index (χ0) is 15.9. The quantitative estimate of drug-likeness (QED) is 0.784. The first-order chi connectivity index (χ1) is 10.6. The van der Waals surface area contributed by atoms with Gasteiger partial charge in [-0.05, 0) is 31.0 Å². The fourth-order valence-electron chi connectivity index (χ4n) is 2.19. The summed E-state index contributed by atoms with van der Waals surface area (Å²) in [4.78, 5) is 23.5. The van der Waals surface area contributed by atoms with E-state index in [4.69, 9.17) is 21.1 Å². The predicted octanol–water partition coefficient (Wildman–Crippen LogP) is 1.97. The number of rotatable bonds is 6. The second-order valence-electron chi connectivity index (χ2n) is 5.01. The third-order valence-electron chi connectivity index (χ3n) is 3.31. The number of carbonyl (C=O) groups excluding carboxylic acids is 2. The molecule has 1 saturated heterocycles. The van der Waals surface area contributed by atoms with Gasteiger partial charge in [0.25, 0.3) is 0 Å². The van der Waals surface area contributed by atoms with E-state index in [1.165, 1.54) is 7.11 Å². The topological polar surface area (TPSA) is 76.7 Å². The lowest BCUT2D eigenvalue weighted by atomic mass is 10.2. The molecular weight excluding hydrogens is 308 g/mol.